The van der Waals surface area contributed by atoms with Gasteiger partial charge in [0.2, 0.25) is 0 Å². The van der Waals surface area contributed by atoms with Crippen molar-refractivity contribution < 1.29 is 28.5 Å². The molecule has 1 atom stereocenters. The van der Waals surface area contributed by atoms with Gasteiger partial charge in [0.15, 0.2) is 0 Å². The topological polar surface area (TPSA) is 0 Å². The second kappa shape index (κ2) is 5.71. The molecule has 1 rings (SSSR count). The molecule has 80 valence electrons. The predicted molar refractivity (Wildman–Crippen MR) is 57.8 cm³/mol. The molecular formula is C12H20IN. The highest BCUT2D eigenvalue weighted by atomic mass is 127. The highest BCUT2D eigenvalue weighted by molar-refractivity contribution is 5.18. The summed E-state index contributed by atoms with van der Waals surface area (Å²) in [5.74, 6) is 0.640. The number of rotatable bonds is 3. The largest absolute Gasteiger partial charge is 1.00 e. The average Bonchev–Trinajstić information content (AvgIpc) is 2.03. The normalized spacial score (nSPS) is 13.1. The number of benzene rings is 1. The fraction of sp³-hybridized carbons (Fsp3) is 0.500. The molecule has 0 aliphatic heterocycles. The molecule has 0 aliphatic carbocycles. The lowest BCUT2D eigenvalue weighted by atomic mass is 10.0. The third-order valence-electron chi connectivity index (χ3n) is 2.19. The molecule has 0 saturated carbocycles. The molecule has 0 spiro atoms. The lowest BCUT2D eigenvalue weighted by Crippen LogP contribution is -3.00. The molecule has 0 fully saturated rings. The van der Waals surface area contributed by atoms with E-state index >= 15 is 0 Å². The molecule has 14 heavy (non-hydrogen) atoms. The van der Waals surface area contributed by atoms with Gasteiger partial charge in [-0.3, -0.25) is 0 Å². The maximum atomic E-state index is 2.29. The fourth-order valence-corrected chi connectivity index (χ4v) is 1.71. The first-order valence-corrected chi connectivity index (χ1v) is 4.84. The Balaban J connectivity index is 0.00000169. The van der Waals surface area contributed by atoms with Crippen LogP contribution >= 0.6 is 0 Å². The van der Waals surface area contributed by atoms with E-state index in [-0.39, 0.29) is 24.0 Å². The zero-order valence-corrected chi connectivity index (χ0v) is 11.7. The highest BCUT2D eigenvalue weighted by Gasteiger charge is 2.14. The van der Waals surface area contributed by atoms with E-state index in [4.69, 9.17) is 0 Å². The maximum Gasteiger partial charge on any atom is 0.0847 e. The van der Waals surface area contributed by atoms with Crippen LogP contribution in [-0.2, 0) is 0 Å². The van der Waals surface area contributed by atoms with E-state index in [1.165, 1.54) is 12.1 Å². The minimum Gasteiger partial charge on any atom is -1.00 e. The van der Waals surface area contributed by atoms with E-state index in [2.05, 4.69) is 58.4 Å². The first kappa shape index (κ1) is 13.9. The number of hydrogen-bond donors (Lipinski definition) is 0. The fourth-order valence-electron chi connectivity index (χ4n) is 1.71. The van der Waals surface area contributed by atoms with E-state index in [0.717, 1.165) is 4.48 Å². The van der Waals surface area contributed by atoms with Crippen molar-refractivity contribution in [3.05, 3.63) is 35.9 Å². The van der Waals surface area contributed by atoms with Crippen LogP contribution in [0.4, 0.5) is 0 Å². The van der Waals surface area contributed by atoms with Gasteiger partial charge in [-0.25, -0.2) is 0 Å². The summed E-state index contributed by atoms with van der Waals surface area (Å²) in [4.78, 5) is 0. The van der Waals surface area contributed by atoms with Gasteiger partial charge in [-0.05, 0) is 5.56 Å². The molecule has 0 radical (unpaired) electrons. The standard InChI is InChI=1S/C12H20N.HI/c1-11(10-13(2,3)4)12-8-6-5-7-9-12;/h5-9,11H,10H2,1-4H3;1H/q+1;/p-1/t11-;/m0./s1. The molecule has 1 aromatic carbocycles. The number of halogens is 1. The first-order valence-electron chi connectivity index (χ1n) is 4.84. The summed E-state index contributed by atoms with van der Waals surface area (Å²) in [6.45, 7) is 3.48. The van der Waals surface area contributed by atoms with Crippen molar-refractivity contribution in [3.8, 4) is 0 Å². The van der Waals surface area contributed by atoms with E-state index in [0.29, 0.717) is 5.92 Å². The Morgan fingerprint density at radius 3 is 2.00 bits per heavy atom. The summed E-state index contributed by atoms with van der Waals surface area (Å²) in [6.07, 6.45) is 0. The number of quaternary nitrogens is 1. The van der Waals surface area contributed by atoms with Gasteiger partial charge in [0, 0.05) is 5.92 Å². The van der Waals surface area contributed by atoms with Crippen LogP contribution in [0.2, 0.25) is 0 Å². The summed E-state index contributed by atoms with van der Waals surface area (Å²) in [5, 5.41) is 0. The van der Waals surface area contributed by atoms with E-state index < -0.39 is 0 Å². The van der Waals surface area contributed by atoms with E-state index in [1.807, 2.05) is 0 Å². The van der Waals surface area contributed by atoms with Gasteiger partial charge in [-0.2, -0.15) is 0 Å². The van der Waals surface area contributed by atoms with Crippen LogP contribution in [0.5, 0.6) is 0 Å². The Labute approximate surface area is 105 Å². The van der Waals surface area contributed by atoms with Gasteiger partial charge in [0.05, 0.1) is 27.7 Å². The molecule has 0 heterocycles. The molecule has 0 unspecified atom stereocenters. The van der Waals surface area contributed by atoms with Crippen molar-refractivity contribution in [2.75, 3.05) is 27.7 Å². The Morgan fingerprint density at radius 2 is 1.57 bits per heavy atom. The summed E-state index contributed by atoms with van der Waals surface area (Å²) in [5.41, 5.74) is 1.44. The van der Waals surface area contributed by atoms with Crippen LogP contribution in [0.3, 0.4) is 0 Å². The molecule has 0 N–H and O–H groups in total. The third kappa shape index (κ3) is 4.96. The average molecular weight is 305 g/mol. The molecular weight excluding hydrogens is 285 g/mol. The van der Waals surface area contributed by atoms with Crippen molar-refractivity contribution in [3.63, 3.8) is 0 Å². The molecule has 0 amide bonds. The lowest BCUT2D eigenvalue weighted by molar-refractivity contribution is -0.871. The molecule has 1 aromatic rings. The first-order chi connectivity index (χ1) is 5.99. The second-order valence-corrected chi connectivity index (χ2v) is 4.78. The monoisotopic (exact) mass is 305 g/mol. The second-order valence-electron chi connectivity index (χ2n) is 4.78. The van der Waals surface area contributed by atoms with Crippen LogP contribution in [0.15, 0.2) is 30.3 Å². The van der Waals surface area contributed by atoms with Crippen molar-refractivity contribution in [2.24, 2.45) is 0 Å². The van der Waals surface area contributed by atoms with Crippen molar-refractivity contribution in [1.29, 1.82) is 0 Å². The predicted octanol–water partition coefficient (Wildman–Crippen LogP) is -0.500. The van der Waals surface area contributed by atoms with Gasteiger partial charge in [-0.15, -0.1) is 0 Å². The van der Waals surface area contributed by atoms with E-state index in [9.17, 15) is 0 Å². The van der Waals surface area contributed by atoms with Gasteiger partial charge in [0.25, 0.3) is 0 Å². The highest BCUT2D eigenvalue weighted by Crippen LogP contribution is 2.16. The third-order valence-corrected chi connectivity index (χ3v) is 2.19. The van der Waals surface area contributed by atoms with Crippen LogP contribution in [0.1, 0.15) is 18.4 Å². The minimum absolute atomic E-state index is 0. The van der Waals surface area contributed by atoms with Gasteiger partial charge < -0.3 is 28.5 Å². The van der Waals surface area contributed by atoms with Crippen LogP contribution in [0.25, 0.3) is 0 Å². The number of likely N-dealkylation sites (N-methyl/N-ethyl adjacent to an activating group) is 1. The zero-order chi connectivity index (χ0) is 9.90. The summed E-state index contributed by atoms with van der Waals surface area (Å²) in [7, 11) is 6.71. The zero-order valence-electron chi connectivity index (χ0n) is 9.50. The van der Waals surface area contributed by atoms with Crippen LogP contribution < -0.4 is 24.0 Å². The summed E-state index contributed by atoms with van der Waals surface area (Å²) in [6, 6.07) is 10.7. The summed E-state index contributed by atoms with van der Waals surface area (Å²) >= 11 is 0. The maximum absolute atomic E-state index is 2.29. The Bertz CT molecular complexity index is 251. The van der Waals surface area contributed by atoms with Gasteiger partial charge in [0.1, 0.15) is 0 Å². The van der Waals surface area contributed by atoms with Crippen LogP contribution in [-0.4, -0.2) is 32.2 Å². The molecule has 0 bridgehead atoms. The molecule has 2 heteroatoms. The Hall–Kier alpha value is -0.0900. The minimum atomic E-state index is 0. The number of hydrogen-bond acceptors (Lipinski definition) is 0. The van der Waals surface area contributed by atoms with Crippen molar-refractivity contribution in [1.82, 2.24) is 0 Å². The molecule has 1 nitrogen and oxygen atoms in total. The molecule has 0 aromatic heterocycles. The van der Waals surface area contributed by atoms with Crippen molar-refractivity contribution in [2.45, 2.75) is 12.8 Å². The quantitative estimate of drug-likeness (QED) is 0.522. The Kier molecular flexibility index (Phi) is 5.67. The molecule has 0 saturated heterocycles. The van der Waals surface area contributed by atoms with Gasteiger partial charge >= 0.3 is 0 Å². The van der Waals surface area contributed by atoms with E-state index in [1.54, 1.807) is 0 Å². The van der Waals surface area contributed by atoms with Crippen molar-refractivity contribution >= 4 is 0 Å². The Morgan fingerprint density at radius 1 is 1.07 bits per heavy atom. The smallest absolute Gasteiger partial charge is 0.0847 e. The number of nitrogens with zero attached hydrogens (tertiary/aromatic N) is 1. The molecule has 0 aliphatic rings. The van der Waals surface area contributed by atoms with Gasteiger partial charge in [-0.1, -0.05) is 37.3 Å². The SMILES string of the molecule is C[C@@H](C[N+](C)(C)C)c1ccccc1.[I-]. The lowest BCUT2D eigenvalue weighted by Gasteiger charge is -2.27. The summed E-state index contributed by atoms with van der Waals surface area (Å²) < 4.78 is 1.02. The van der Waals surface area contributed by atoms with Crippen LogP contribution in [0, 0.1) is 0 Å².